The first-order valence-corrected chi connectivity index (χ1v) is 11.0. The molecular formula is C17H33N7O6S. The number of carboxylic acid groups (broad SMARTS) is 1. The van der Waals surface area contributed by atoms with Gasteiger partial charge in [0.05, 0.1) is 12.6 Å². The second-order valence-electron chi connectivity index (χ2n) is 6.72. The number of thioether (sulfide) groups is 1. The van der Waals surface area contributed by atoms with Crippen molar-refractivity contribution < 1.29 is 29.4 Å². The number of nitrogens with two attached hydrogens (primary N) is 3. The lowest BCUT2D eigenvalue weighted by molar-refractivity contribution is -0.143. The van der Waals surface area contributed by atoms with Crippen LogP contribution in [-0.4, -0.2) is 89.2 Å². The number of aliphatic hydroxyl groups excluding tert-OH is 1. The summed E-state index contributed by atoms with van der Waals surface area (Å²) in [7, 11) is 0. The molecule has 11 N–H and O–H groups in total. The van der Waals surface area contributed by atoms with Crippen molar-refractivity contribution >= 4 is 41.4 Å². The lowest BCUT2D eigenvalue weighted by Crippen LogP contribution is -2.57. The van der Waals surface area contributed by atoms with Crippen molar-refractivity contribution in [2.75, 3.05) is 25.2 Å². The second kappa shape index (κ2) is 15.3. The number of nitrogens with one attached hydrogen (secondary N) is 3. The molecule has 0 aliphatic rings. The molecule has 0 bridgehead atoms. The standard InChI is InChI=1S/C17H33N7O6S/c1-9(18)13(26)22-11(5-7-31-2)15(28)23-10(4-3-6-21-17(19)20)14(27)24-12(8-25)16(29)30/h9-12,25H,3-8,18H2,1-2H3,(H,22,26)(H,23,28)(H,24,27)(H,29,30)(H4,19,20,21). The Hall–Kier alpha value is -2.58. The van der Waals surface area contributed by atoms with Crippen LogP contribution in [0.5, 0.6) is 0 Å². The van der Waals surface area contributed by atoms with Crippen molar-refractivity contribution in [3.8, 4) is 0 Å². The lowest BCUT2D eigenvalue weighted by Gasteiger charge is -2.24. The highest BCUT2D eigenvalue weighted by atomic mass is 32.2. The van der Waals surface area contributed by atoms with Crippen LogP contribution in [0, 0.1) is 0 Å². The fourth-order valence-electron chi connectivity index (χ4n) is 2.31. The number of amides is 3. The van der Waals surface area contributed by atoms with E-state index in [0.29, 0.717) is 18.6 Å². The zero-order chi connectivity index (χ0) is 24.0. The van der Waals surface area contributed by atoms with Gasteiger partial charge in [-0.1, -0.05) is 0 Å². The van der Waals surface area contributed by atoms with Crippen molar-refractivity contribution in [1.29, 1.82) is 0 Å². The Balaban J connectivity index is 5.37. The topological polar surface area (TPSA) is 235 Å². The highest BCUT2D eigenvalue weighted by Gasteiger charge is 2.29. The molecule has 0 aromatic heterocycles. The van der Waals surface area contributed by atoms with Gasteiger partial charge in [-0.25, -0.2) is 4.79 Å². The zero-order valence-electron chi connectivity index (χ0n) is 17.7. The average molecular weight is 464 g/mol. The summed E-state index contributed by atoms with van der Waals surface area (Å²) >= 11 is 1.47. The molecule has 13 nitrogen and oxygen atoms in total. The third kappa shape index (κ3) is 12.0. The van der Waals surface area contributed by atoms with Gasteiger partial charge in [0.1, 0.15) is 18.1 Å². The van der Waals surface area contributed by atoms with Gasteiger partial charge in [0.15, 0.2) is 5.96 Å². The molecule has 0 rings (SSSR count). The first-order chi connectivity index (χ1) is 14.5. The van der Waals surface area contributed by atoms with Crippen LogP contribution < -0.4 is 33.2 Å². The quantitative estimate of drug-likeness (QED) is 0.0683. The van der Waals surface area contributed by atoms with Crippen molar-refractivity contribution in [2.45, 2.75) is 50.4 Å². The number of carboxylic acids is 1. The third-order valence-corrected chi connectivity index (χ3v) is 4.68. The molecule has 4 atom stereocenters. The number of aliphatic carboxylic acids is 1. The first kappa shape index (κ1) is 28.4. The van der Waals surface area contributed by atoms with Gasteiger partial charge in [-0.3, -0.25) is 19.4 Å². The summed E-state index contributed by atoms with van der Waals surface area (Å²) in [5.41, 5.74) is 16.1. The van der Waals surface area contributed by atoms with Crippen molar-refractivity contribution in [1.82, 2.24) is 16.0 Å². The number of carbonyl (C=O) groups is 4. The Labute approximate surface area is 185 Å². The van der Waals surface area contributed by atoms with Gasteiger partial charge in [0, 0.05) is 6.54 Å². The second-order valence-corrected chi connectivity index (χ2v) is 7.71. The minimum atomic E-state index is -1.53. The van der Waals surface area contributed by atoms with E-state index in [1.54, 1.807) is 0 Å². The Bertz CT molecular complexity index is 642. The molecule has 3 amide bonds. The van der Waals surface area contributed by atoms with Gasteiger partial charge in [-0.15, -0.1) is 0 Å². The van der Waals surface area contributed by atoms with E-state index in [9.17, 15) is 19.2 Å². The molecule has 0 aliphatic heterocycles. The van der Waals surface area contributed by atoms with Gasteiger partial charge in [0.25, 0.3) is 0 Å². The molecule has 0 saturated carbocycles. The Morgan fingerprint density at radius 1 is 0.968 bits per heavy atom. The summed E-state index contributed by atoms with van der Waals surface area (Å²) in [4.78, 5) is 52.1. The summed E-state index contributed by atoms with van der Waals surface area (Å²) < 4.78 is 0. The monoisotopic (exact) mass is 463 g/mol. The summed E-state index contributed by atoms with van der Waals surface area (Å²) in [5, 5.41) is 25.4. The van der Waals surface area contributed by atoms with Crippen LogP contribution in [0.1, 0.15) is 26.2 Å². The maximum Gasteiger partial charge on any atom is 0.328 e. The largest absolute Gasteiger partial charge is 0.480 e. The summed E-state index contributed by atoms with van der Waals surface area (Å²) in [6.45, 7) is 0.831. The van der Waals surface area contributed by atoms with E-state index >= 15 is 0 Å². The van der Waals surface area contributed by atoms with Gasteiger partial charge in [0.2, 0.25) is 17.7 Å². The fraction of sp³-hybridized carbons (Fsp3) is 0.706. The number of rotatable bonds is 15. The van der Waals surface area contributed by atoms with Crippen LogP contribution in [-0.2, 0) is 19.2 Å². The Morgan fingerprint density at radius 3 is 1.94 bits per heavy atom. The number of nitrogens with zero attached hydrogens (tertiary/aromatic N) is 1. The van der Waals surface area contributed by atoms with Gasteiger partial charge in [-0.2, -0.15) is 11.8 Å². The van der Waals surface area contributed by atoms with E-state index in [0.717, 1.165) is 0 Å². The number of aliphatic imine (C=N–C) groups is 1. The highest BCUT2D eigenvalue weighted by molar-refractivity contribution is 7.98. The molecule has 0 radical (unpaired) electrons. The normalized spacial score (nSPS) is 14.5. The molecule has 0 aromatic carbocycles. The molecule has 0 saturated heterocycles. The number of hydrogen-bond acceptors (Lipinski definition) is 8. The first-order valence-electron chi connectivity index (χ1n) is 9.58. The van der Waals surface area contributed by atoms with Gasteiger partial charge < -0.3 is 43.4 Å². The van der Waals surface area contributed by atoms with Crippen LogP contribution in [0.15, 0.2) is 4.99 Å². The third-order valence-electron chi connectivity index (χ3n) is 4.03. The molecule has 0 aliphatic carbocycles. The van der Waals surface area contributed by atoms with Crippen LogP contribution in [0.25, 0.3) is 0 Å². The van der Waals surface area contributed by atoms with E-state index in [1.165, 1.54) is 18.7 Å². The zero-order valence-corrected chi connectivity index (χ0v) is 18.5. The molecule has 0 fully saturated rings. The number of guanidine groups is 1. The molecule has 14 heteroatoms. The molecule has 0 aromatic rings. The van der Waals surface area contributed by atoms with Crippen molar-refractivity contribution in [3.05, 3.63) is 0 Å². The van der Waals surface area contributed by atoms with Crippen molar-refractivity contribution in [3.63, 3.8) is 0 Å². The molecule has 0 spiro atoms. The summed E-state index contributed by atoms with van der Waals surface area (Å²) in [5.74, 6) is -2.95. The van der Waals surface area contributed by atoms with E-state index in [-0.39, 0.29) is 18.9 Å². The summed E-state index contributed by atoms with van der Waals surface area (Å²) in [6.07, 6.45) is 2.52. The Morgan fingerprint density at radius 2 is 1.48 bits per heavy atom. The lowest BCUT2D eigenvalue weighted by atomic mass is 10.1. The molecule has 4 unspecified atom stereocenters. The van der Waals surface area contributed by atoms with Crippen molar-refractivity contribution in [2.24, 2.45) is 22.2 Å². The Kier molecular flexibility index (Phi) is 14.0. The van der Waals surface area contributed by atoms with Crippen LogP contribution >= 0.6 is 11.8 Å². The molecular weight excluding hydrogens is 430 g/mol. The minimum absolute atomic E-state index is 0.0859. The minimum Gasteiger partial charge on any atom is -0.480 e. The fourth-order valence-corrected chi connectivity index (χ4v) is 2.78. The smallest absolute Gasteiger partial charge is 0.328 e. The number of carbonyl (C=O) groups excluding carboxylic acids is 3. The molecule has 31 heavy (non-hydrogen) atoms. The van der Waals surface area contributed by atoms with E-state index in [2.05, 4.69) is 20.9 Å². The van der Waals surface area contributed by atoms with E-state index in [1.807, 2.05) is 6.26 Å². The summed E-state index contributed by atoms with van der Waals surface area (Å²) in [6, 6.07) is -4.44. The number of hydrogen-bond donors (Lipinski definition) is 8. The van der Waals surface area contributed by atoms with Crippen LogP contribution in [0.4, 0.5) is 0 Å². The van der Waals surface area contributed by atoms with E-state index < -0.39 is 54.5 Å². The van der Waals surface area contributed by atoms with E-state index in [4.69, 9.17) is 27.4 Å². The van der Waals surface area contributed by atoms with Crippen LogP contribution in [0.3, 0.4) is 0 Å². The predicted octanol–water partition coefficient (Wildman–Crippen LogP) is -3.33. The maximum absolute atomic E-state index is 12.8. The molecule has 178 valence electrons. The molecule has 0 heterocycles. The van der Waals surface area contributed by atoms with Gasteiger partial charge in [-0.05, 0) is 38.2 Å². The van der Waals surface area contributed by atoms with Gasteiger partial charge >= 0.3 is 5.97 Å². The predicted molar refractivity (Wildman–Crippen MR) is 117 cm³/mol. The maximum atomic E-state index is 12.8. The average Bonchev–Trinajstić information content (AvgIpc) is 2.70. The number of aliphatic hydroxyl groups is 1. The SMILES string of the molecule is CSCCC(NC(=O)C(C)N)C(=O)NC(CCCN=C(N)N)C(=O)NC(CO)C(=O)O. The highest BCUT2D eigenvalue weighted by Crippen LogP contribution is 2.05. The van der Waals surface area contributed by atoms with Crippen LogP contribution in [0.2, 0.25) is 0 Å².